The Morgan fingerprint density at radius 2 is 0.582 bits per heavy atom. The van der Waals surface area contributed by atoms with Gasteiger partial charge in [-0.15, -0.1) is 0 Å². The number of carbonyl (C=O) groups excluding carboxylic acids is 3. The van der Waals surface area contributed by atoms with E-state index < -0.39 is 6.10 Å². The van der Waals surface area contributed by atoms with Crippen molar-refractivity contribution in [3.05, 3.63) is 72.9 Å². The van der Waals surface area contributed by atoms with E-state index in [0.717, 1.165) is 109 Å². The number of rotatable bonds is 51. The van der Waals surface area contributed by atoms with Crippen LogP contribution in [-0.2, 0) is 28.6 Å². The molecule has 0 aromatic carbocycles. The van der Waals surface area contributed by atoms with Crippen molar-refractivity contribution in [1.82, 2.24) is 0 Å². The second-order valence-corrected chi connectivity index (χ2v) is 18.8. The van der Waals surface area contributed by atoms with Crippen LogP contribution < -0.4 is 0 Å². The molecule has 0 aliphatic carbocycles. The van der Waals surface area contributed by atoms with E-state index in [-0.39, 0.29) is 31.1 Å². The van der Waals surface area contributed by atoms with Gasteiger partial charge in [-0.1, -0.05) is 222 Å². The molecule has 1 unspecified atom stereocenters. The topological polar surface area (TPSA) is 78.9 Å². The lowest BCUT2D eigenvalue weighted by molar-refractivity contribution is -0.167. The fourth-order valence-corrected chi connectivity index (χ4v) is 7.89. The molecular weight excluding hydrogens is 829 g/mol. The summed E-state index contributed by atoms with van der Waals surface area (Å²) in [4.78, 5) is 38.1. The Kier molecular flexibility index (Phi) is 52.8. The molecule has 386 valence electrons. The summed E-state index contributed by atoms with van der Waals surface area (Å²) in [5.74, 6) is -0.911. The molecule has 0 saturated heterocycles. The Bertz CT molecular complexity index is 1260. The van der Waals surface area contributed by atoms with Gasteiger partial charge in [0.1, 0.15) is 13.2 Å². The average Bonchev–Trinajstić information content (AvgIpc) is 3.33. The lowest BCUT2D eigenvalue weighted by Crippen LogP contribution is -2.30. The maximum absolute atomic E-state index is 12.8. The second kappa shape index (κ2) is 55.4. The number of ether oxygens (including phenoxy) is 3. The van der Waals surface area contributed by atoms with Crippen molar-refractivity contribution >= 4 is 17.9 Å². The lowest BCUT2D eigenvalue weighted by Gasteiger charge is -2.18. The van der Waals surface area contributed by atoms with Crippen molar-refractivity contribution in [3.8, 4) is 0 Å². The molecule has 0 spiro atoms. The first-order valence-corrected chi connectivity index (χ1v) is 28.4. The summed E-state index contributed by atoms with van der Waals surface area (Å²) >= 11 is 0. The number of carbonyl (C=O) groups is 3. The minimum absolute atomic E-state index is 0.0870. The highest BCUT2D eigenvalue weighted by molar-refractivity contribution is 5.71. The molecule has 67 heavy (non-hydrogen) atoms. The van der Waals surface area contributed by atoms with Crippen LogP contribution in [0.25, 0.3) is 0 Å². The van der Waals surface area contributed by atoms with Gasteiger partial charge in [0.25, 0.3) is 0 Å². The summed E-state index contributed by atoms with van der Waals surface area (Å²) in [5.41, 5.74) is 0. The molecule has 0 radical (unpaired) electrons. The van der Waals surface area contributed by atoms with E-state index >= 15 is 0 Å². The summed E-state index contributed by atoms with van der Waals surface area (Å²) in [6.07, 6.45) is 70.3. The summed E-state index contributed by atoms with van der Waals surface area (Å²) < 4.78 is 16.8. The maximum atomic E-state index is 12.8. The van der Waals surface area contributed by atoms with E-state index in [1.165, 1.54) is 128 Å². The van der Waals surface area contributed by atoms with Gasteiger partial charge in [0.2, 0.25) is 0 Å². The van der Waals surface area contributed by atoms with Crippen LogP contribution in [0.2, 0.25) is 0 Å². The predicted octanol–water partition coefficient (Wildman–Crippen LogP) is 19.0. The molecule has 0 saturated carbocycles. The van der Waals surface area contributed by atoms with Gasteiger partial charge >= 0.3 is 17.9 Å². The molecule has 0 rings (SSSR count). The lowest BCUT2D eigenvalue weighted by atomic mass is 10.1. The van der Waals surface area contributed by atoms with E-state index in [2.05, 4.69) is 93.7 Å². The molecule has 0 aliphatic rings. The first-order valence-electron chi connectivity index (χ1n) is 28.4. The Hall–Kier alpha value is -3.15. The van der Waals surface area contributed by atoms with Gasteiger partial charge in [0.05, 0.1) is 0 Å². The first-order chi connectivity index (χ1) is 33.0. The molecule has 0 N–H and O–H groups in total. The van der Waals surface area contributed by atoms with E-state index in [4.69, 9.17) is 14.2 Å². The van der Waals surface area contributed by atoms with Crippen LogP contribution in [0.4, 0.5) is 0 Å². The van der Waals surface area contributed by atoms with Gasteiger partial charge in [-0.3, -0.25) is 14.4 Å². The van der Waals surface area contributed by atoms with E-state index in [9.17, 15) is 14.4 Å². The highest BCUT2D eigenvalue weighted by atomic mass is 16.6. The molecule has 0 heterocycles. The summed E-state index contributed by atoms with van der Waals surface area (Å²) in [6, 6.07) is 0. The van der Waals surface area contributed by atoms with Crippen molar-refractivity contribution in [3.63, 3.8) is 0 Å². The van der Waals surface area contributed by atoms with Gasteiger partial charge < -0.3 is 14.2 Å². The summed E-state index contributed by atoms with van der Waals surface area (Å²) in [7, 11) is 0. The number of hydrogen-bond donors (Lipinski definition) is 0. The predicted molar refractivity (Wildman–Crippen MR) is 288 cm³/mol. The Labute approximate surface area is 414 Å². The molecule has 0 amide bonds. The van der Waals surface area contributed by atoms with Crippen LogP contribution in [0, 0.1) is 0 Å². The highest BCUT2D eigenvalue weighted by Crippen LogP contribution is 2.15. The molecular formula is C61H106O6. The quantitative estimate of drug-likeness (QED) is 0.0262. The molecule has 1 atom stereocenters. The van der Waals surface area contributed by atoms with Crippen LogP contribution in [0.1, 0.15) is 278 Å². The van der Waals surface area contributed by atoms with E-state index in [0.29, 0.717) is 19.3 Å². The Morgan fingerprint density at radius 1 is 0.313 bits per heavy atom. The van der Waals surface area contributed by atoms with Gasteiger partial charge in [0, 0.05) is 19.3 Å². The van der Waals surface area contributed by atoms with E-state index in [1.807, 2.05) is 0 Å². The van der Waals surface area contributed by atoms with Crippen molar-refractivity contribution in [2.75, 3.05) is 13.2 Å². The monoisotopic (exact) mass is 935 g/mol. The SMILES string of the molecule is CC/C=C\C/C=C\C/C=C\CCCCCCCC(=O)OC(COC(=O)CCCCCCC/C=C\CCCCCC)COC(=O)CCCCCCCCCCC/C=C\C/C=C\CCCCCCC. The van der Waals surface area contributed by atoms with Gasteiger partial charge in [-0.05, 0) is 109 Å². The maximum Gasteiger partial charge on any atom is 0.306 e. The zero-order valence-corrected chi connectivity index (χ0v) is 44.2. The molecule has 0 aliphatic heterocycles. The van der Waals surface area contributed by atoms with Crippen LogP contribution >= 0.6 is 0 Å². The fourth-order valence-electron chi connectivity index (χ4n) is 7.89. The number of allylic oxidation sites excluding steroid dienone is 12. The average molecular weight is 936 g/mol. The zero-order valence-electron chi connectivity index (χ0n) is 44.2. The molecule has 6 heteroatoms. The molecule has 0 bridgehead atoms. The number of esters is 3. The molecule has 0 aromatic rings. The first kappa shape index (κ1) is 63.8. The highest BCUT2D eigenvalue weighted by Gasteiger charge is 2.19. The number of hydrogen-bond acceptors (Lipinski definition) is 6. The van der Waals surface area contributed by atoms with Gasteiger partial charge in [-0.25, -0.2) is 0 Å². The second-order valence-electron chi connectivity index (χ2n) is 18.8. The van der Waals surface area contributed by atoms with Crippen molar-refractivity contribution < 1.29 is 28.6 Å². The molecule has 6 nitrogen and oxygen atoms in total. The fraction of sp³-hybridized carbons (Fsp3) is 0.754. The van der Waals surface area contributed by atoms with Crippen LogP contribution in [0.3, 0.4) is 0 Å². The Morgan fingerprint density at radius 3 is 0.940 bits per heavy atom. The minimum Gasteiger partial charge on any atom is -0.462 e. The molecule has 0 aromatic heterocycles. The zero-order chi connectivity index (χ0) is 48.6. The number of unbranched alkanes of at least 4 members (excludes halogenated alkanes) is 28. The third-order valence-corrected chi connectivity index (χ3v) is 12.2. The van der Waals surface area contributed by atoms with Gasteiger partial charge in [-0.2, -0.15) is 0 Å². The van der Waals surface area contributed by atoms with E-state index in [1.54, 1.807) is 0 Å². The van der Waals surface area contributed by atoms with Crippen LogP contribution in [-0.4, -0.2) is 37.2 Å². The van der Waals surface area contributed by atoms with Gasteiger partial charge in [0.15, 0.2) is 6.10 Å². The third kappa shape index (κ3) is 53.7. The Balaban J connectivity index is 4.37. The normalized spacial score (nSPS) is 12.6. The van der Waals surface area contributed by atoms with Crippen molar-refractivity contribution in [1.29, 1.82) is 0 Å². The van der Waals surface area contributed by atoms with Crippen molar-refractivity contribution in [2.45, 2.75) is 284 Å². The van der Waals surface area contributed by atoms with Crippen LogP contribution in [0.15, 0.2) is 72.9 Å². The third-order valence-electron chi connectivity index (χ3n) is 12.2. The van der Waals surface area contributed by atoms with Crippen molar-refractivity contribution in [2.24, 2.45) is 0 Å². The molecule has 0 fully saturated rings. The minimum atomic E-state index is -0.789. The smallest absolute Gasteiger partial charge is 0.306 e. The van der Waals surface area contributed by atoms with Crippen LogP contribution in [0.5, 0.6) is 0 Å². The standard InChI is InChI=1S/C61H106O6/c1-4-7-10-13-16-19-22-25-27-28-29-30-31-32-34-36-39-42-45-48-51-54-60(63)66-57-58(56-65-59(62)53-50-47-44-41-38-35-24-21-18-15-12-9-6-3)67-61(64)55-52-49-46-43-40-37-33-26-23-20-17-14-11-8-5-2/h8,11,17,20-22,24-26,28-29,33,58H,4-7,9-10,12-16,18-19,23,27,30-32,34-57H2,1-3H3/b11-8-,20-17-,24-21-,25-22-,29-28-,33-26-. The largest absolute Gasteiger partial charge is 0.462 e. The summed E-state index contributed by atoms with van der Waals surface area (Å²) in [6.45, 7) is 6.49. The summed E-state index contributed by atoms with van der Waals surface area (Å²) in [5, 5.41) is 0.